The molecule has 4 atom stereocenters. The van der Waals surface area contributed by atoms with Gasteiger partial charge in [0.25, 0.3) is 0 Å². The zero-order chi connectivity index (χ0) is 35.5. The molecule has 2 fully saturated rings. The minimum absolute atomic E-state index is 0.0217. The van der Waals surface area contributed by atoms with E-state index in [0.29, 0.717) is 6.07 Å². The Morgan fingerprint density at radius 1 is 0.980 bits per heavy atom. The van der Waals surface area contributed by atoms with E-state index < -0.39 is 89.7 Å². The number of amides is 3. The average Bonchev–Trinajstić information content (AvgIpc) is 3.41. The van der Waals surface area contributed by atoms with Gasteiger partial charge in [-0.15, -0.1) is 0 Å². The van der Waals surface area contributed by atoms with E-state index in [2.05, 4.69) is 5.32 Å². The van der Waals surface area contributed by atoms with Gasteiger partial charge in [0.15, 0.2) is 0 Å². The van der Waals surface area contributed by atoms with Crippen LogP contribution in [0.1, 0.15) is 55.5 Å². The summed E-state index contributed by atoms with van der Waals surface area (Å²) >= 11 is 0. The standard InChI is InChI=1S/C36H35F4N3O6/c1-35(2,3)49-29(44)19-27(32(45)41-20-24-15-10-16-25(30(24)37)36(38,39)40)42-26(18-17-22-11-6-4-7-12-22)31(33(42)46)43-28(21-48-34(43)47)23-13-8-5-9-14-23/h4-18,26-28,31H,19-21H2,1-3H3,(H,41,45)/t26-,27-,28-,31+/m1/s1. The van der Waals surface area contributed by atoms with Gasteiger partial charge in [0.1, 0.15) is 30.1 Å². The number of carbonyl (C=O) groups excluding carboxylic acids is 4. The van der Waals surface area contributed by atoms with E-state index in [1.54, 1.807) is 75.4 Å². The Labute approximate surface area is 280 Å². The molecule has 2 aliphatic heterocycles. The number of carbonyl (C=O) groups is 4. The Hall–Kier alpha value is -5.20. The summed E-state index contributed by atoms with van der Waals surface area (Å²) in [5, 5.41) is 2.40. The van der Waals surface area contributed by atoms with Crippen LogP contribution in [0.25, 0.3) is 6.08 Å². The van der Waals surface area contributed by atoms with Crippen molar-refractivity contribution < 1.29 is 46.2 Å². The third kappa shape index (κ3) is 7.93. The number of esters is 1. The van der Waals surface area contributed by atoms with E-state index in [0.717, 1.165) is 28.2 Å². The number of halogens is 4. The van der Waals surface area contributed by atoms with Gasteiger partial charge in [0.2, 0.25) is 11.8 Å². The molecule has 0 saturated carbocycles. The Bertz CT molecular complexity index is 1730. The molecule has 2 heterocycles. The molecule has 5 rings (SSSR count). The molecule has 49 heavy (non-hydrogen) atoms. The van der Waals surface area contributed by atoms with Crippen LogP contribution >= 0.6 is 0 Å². The lowest BCUT2D eigenvalue weighted by molar-refractivity contribution is -0.168. The third-order valence-corrected chi connectivity index (χ3v) is 8.09. The van der Waals surface area contributed by atoms with Gasteiger partial charge in [-0.2, -0.15) is 13.2 Å². The van der Waals surface area contributed by atoms with E-state index in [4.69, 9.17) is 9.47 Å². The first-order chi connectivity index (χ1) is 23.2. The Kier molecular flexibility index (Phi) is 10.1. The predicted octanol–water partition coefficient (Wildman–Crippen LogP) is 6.05. The molecule has 0 aliphatic carbocycles. The maximum absolute atomic E-state index is 14.8. The monoisotopic (exact) mass is 681 g/mol. The number of rotatable bonds is 10. The van der Waals surface area contributed by atoms with Gasteiger partial charge in [-0.3, -0.25) is 19.3 Å². The van der Waals surface area contributed by atoms with Gasteiger partial charge in [-0.05, 0) is 38.0 Å². The molecule has 2 aliphatic rings. The summed E-state index contributed by atoms with van der Waals surface area (Å²) < 4.78 is 65.6. The van der Waals surface area contributed by atoms with Gasteiger partial charge in [-0.25, -0.2) is 9.18 Å². The van der Waals surface area contributed by atoms with Crippen LogP contribution in [0.4, 0.5) is 22.4 Å². The summed E-state index contributed by atoms with van der Waals surface area (Å²) in [4.78, 5) is 56.6. The smallest absolute Gasteiger partial charge is 0.419 e. The number of nitrogens with zero attached hydrogens (tertiary/aromatic N) is 2. The van der Waals surface area contributed by atoms with Crippen molar-refractivity contribution in [3.05, 3.63) is 113 Å². The molecule has 0 aromatic heterocycles. The largest absolute Gasteiger partial charge is 0.460 e. The summed E-state index contributed by atoms with van der Waals surface area (Å²) in [6.45, 7) is 4.18. The molecular formula is C36H35F4N3O6. The second-order valence-electron chi connectivity index (χ2n) is 12.7. The predicted molar refractivity (Wildman–Crippen MR) is 170 cm³/mol. The van der Waals surface area contributed by atoms with Crippen LogP contribution in [0.2, 0.25) is 0 Å². The molecule has 0 unspecified atom stereocenters. The van der Waals surface area contributed by atoms with E-state index in [9.17, 15) is 36.7 Å². The first kappa shape index (κ1) is 35.1. The summed E-state index contributed by atoms with van der Waals surface area (Å²) in [6.07, 6.45) is -2.99. The van der Waals surface area contributed by atoms with Crippen LogP contribution in [-0.2, 0) is 36.6 Å². The average molecular weight is 682 g/mol. The van der Waals surface area contributed by atoms with E-state index in [1.165, 1.54) is 4.90 Å². The molecule has 0 bridgehead atoms. The number of hydrogen-bond donors (Lipinski definition) is 1. The minimum Gasteiger partial charge on any atom is -0.460 e. The Morgan fingerprint density at radius 2 is 1.63 bits per heavy atom. The zero-order valence-corrected chi connectivity index (χ0v) is 26.9. The molecule has 0 spiro atoms. The van der Waals surface area contributed by atoms with Crippen LogP contribution in [-0.4, -0.2) is 64.0 Å². The number of benzene rings is 3. The van der Waals surface area contributed by atoms with Crippen molar-refractivity contribution in [2.45, 2.75) is 69.7 Å². The third-order valence-electron chi connectivity index (χ3n) is 8.09. The molecule has 3 aromatic carbocycles. The number of alkyl halides is 3. The Balaban J connectivity index is 1.49. The van der Waals surface area contributed by atoms with Crippen molar-refractivity contribution in [2.24, 2.45) is 0 Å². The molecule has 258 valence electrons. The molecule has 13 heteroatoms. The number of likely N-dealkylation sites (tertiary alicyclic amines) is 1. The fourth-order valence-electron chi connectivity index (χ4n) is 5.90. The first-order valence-electron chi connectivity index (χ1n) is 15.6. The van der Waals surface area contributed by atoms with Gasteiger partial charge in [-0.1, -0.05) is 84.9 Å². The number of hydrogen-bond acceptors (Lipinski definition) is 6. The molecule has 3 aromatic rings. The summed E-state index contributed by atoms with van der Waals surface area (Å²) in [7, 11) is 0. The van der Waals surface area contributed by atoms with Crippen molar-refractivity contribution in [3.8, 4) is 0 Å². The van der Waals surface area contributed by atoms with E-state index in [1.807, 2.05) is 18.2 Å². The van der Waals surface area contributed by atoms with Gasteiger partial charge in [0, 0.05) is 12.1 Å². The van der Waals surface area contributed by atoms with E-state index >= 15 is 0 Å². The Morgan fingerprint density at radius 3 is 2.27 bits per heavy atom. The van der Waals surface area contributed by atoms with Crippen LogP contribution in [0, 0.1) is 5.82 Å². The lowest BCUT2D eigenvalue weighted by Gasteiger charge is -2.52. The van der Waals surface area contributed by atoms with Crippen molar-refractivity contribution >= 4 is 30.0 Å². The lowest BCUT2D eigenvalue weighted by atomic mass is 9.87. The minimum atomic E-state index is -4.96. The van der Waals surface area contributed by atoms with E-state index in [-0.39, 0.29) is 6.61 Å². The fraction of sp³-hybridized carbons (Fsp3) is 0.333. The van der Waals surface area contributed by atoms with Crippen molar-refractivity contribution in [1.82, 2.24) is 15.1 Å². The lowest BCUT2D eigenvalue weighted by Crippen LogP contribution is -2.74. The number of cyclic esters (lactones) is 1. The quantitative estimate of drug-likeness (QED) is 0.159. The number of β-lactam (4-membered cyclic amide) rings is 1. The molecule has 1 N–H and O–H groups in total. The highest BCUT2D eigenvalue weighted by atomic mass is 19.4. The van der Waals surface area contributed by atoms with Crippen LogP contribution in [0.5, 0.6) is 0 Å². The SMILES string of the molecule is CC(C)(C)OC(=O)C[C@H](C(=O)NCc1cccc(C(F)(F)F)c1F)N1C(=O)[C@@H](N2C(=O)OC[C@@H]2c2ccccc2)[C@H]1C=Cc1ccccc1. The van der Waals surface area contributed by atoms with Crippen molar-refractivity contribution in [2.75, 3.05) is 6.61 Å². The number of ether oxygens (including phenoxy) is 2. The van der Waals surface area contributed by atoms with Crippen LogP contribution < -0.4 is 5.32 Å². The van der Waals surface area contributed by atoms with Crippen LogP contribution in [0.3, 0.4) is 0 Å². The highest BCUT2D eigenvalue weighted by Gasteiger charge is 2.58. The molecule has 9 nitrogen and oxygen atoms in total. The molecule has 2 saturated heterocycles. The van der Waals surface area contributed by atoms with Crippen molar-refractivity contribution in [3.63, 3.8) is 0 Å². The normalized spacial score (nSPS) is 20.2. The topological polar surface area (TPSA) is 105 Å². The summed E-state index contributed by atoms with van der Waals surface area (Å²) in [6, 6.07) is 16.4. The molecule has 3 amide bonds. The maximum Gasteiger partial charge on any atom is 0.419 e. The summed E-state index contributed by atoms with van der Waals surface area (Å²) in [5.41, 5.74) is -1.43. The van der Waals surface area contributed by atoms with Gasteiger partial charge in [0.05, 0.1) is 24.1 Å². The molecule has 0 radical (unpaired) electrons. The van der Waals surface area contributed by atoms with Crippen molar-refractivity contribution in [1.29, 1.82) is 0 Å². The number of nitrogens with one attached hydrogen (secondary N) is 1. The molecular weight excluding hydrogens is 646 g/mol. The zero-order valence-electron chi connectivity index (χ0n) is 26.9. The second-order valence-corrected chi connectivity index (χ2v) is 12.7. The fourth-order valence-corrected chi connectivity index (χ4v) is 5.90. The highest BCUT2D eigenvalue weighted by Crippen LogP contribution is 2.39. The second kappa shape index (κ2) is 14.1. The van der Waals surface area contributed by atoms with Crippen LogP contribution in [0.15, 0.2) is 84.9 Å². The first-order valence-corrected chi connectivity index (χ1v) is 15.6. The van der Waals surface area contributed by atoms with Gasteiger partial charge < -0.3 is 19.7 Å². The summed E-state index contributed by atoms with van der Waals surface area (Å²) in [5.74, 6) is -3.99. The maximum atomic E-state index is 14.8. The highest BCUT2D eigenvalue weighted by molar-refractivity contribution is 5.99. The van der Waals surface area contributed by atoms with Gasteiger partial charge >= 0.3 is 18.2 Å².